The number of primary sulfonamides is 1. The van der Waals surface area contributed by atoms with Crippen LogP contribution in [0, 0.1) is 5.92 Å². The average molecular weight is 287 g/mol. The summed E-state index contributed by atoms with van der Waals surface area (Å²) in [4.78, 5) is 12.1. The summed E-state index contributed by atoms with van der Waals surface area (Å²) in [7, 11) is -2.18. The van der Waals surface area contributed by atoms with Gasteiger partial charge in [-0.05, 0) is 18.4 Å². The van der Waals surface area contributed by atoms with Crippen LogP contribution in [0.5, 0.6) is 0 Å². The lowest BCUT2D eigenvalue weighted by Gasteiger charge is -2.20. The third-order valence-electron chi connectivity index (χ3n) is 3.10. The lowest BCUT2D eigenvalue weighted by molar-refractivity contribution is 0.0916. The lowest BCUT2D eigenvalue weighted by atomic mass is 10.0. The van der Waals surface area contributed by atoms with E-state index in [1.54, 1.807) is 7.05 Å². The zero-order valence-electron chi connectivity index (χ0n) is 11.7. The van der Waals surface area contributed by atoms with Gasteiger partial charge in [-0.15, -0.1) is 0 Å². The number of carbonyl (C=O) groups is 1. The number of hydrogen-bond acceptors (Lipinski definition) is 3. The molecule has 0 bridgehead atoms. The fourth-order valence-electron chi connectivity index (χ4n) is 1.90. The molecule has 108 valence electrons. The van der Waals surface area contributed by atoms with Crippen LogP contribution in [0.3, 0.4) is 0 Å². The maximum Gasteiger partial charge on any atom is 0.268 e. The molecule has 7 heteroatoms. The van der Waals surface area contributed by atoms with Gasteiger partial charge in [0, 0.05) is 19.3 Å². The molecule has 0 aliphatic heterocycles. The highest BCUT2D eigenvalue weighted by molar-refractivity contribution is 7.89. The van der Waals surface area contributed by atoms with Crippen molar-refractivity contribution in [3.05, 3.63) is 18.0 Å². The van der Waals surface area contributed by atoms with Crippen molar-refractivity contribution < 1.29 is 13.2 Å². The summed E-state index contributed by atoms with van der Waals surface area (Å²) >= 11 is 0. The highest BCUT2D eigenvalue weighted by Gasteiger charge is 2.20. The van der Waals surface area contributed by atoms with E-state index in [1.807, 2.05) is 20.8 Å². The summed E-state index contributed by atoms with van der Waals surface area (Å²) < 4.78 is 23.9. The number of nitrogens with two attached hydrogens (primary N) is 1. The van der Waals surface area contributed by atoms with Gasteiger partial charge < -0.3 is 9.88 Å². The standard InChI is InChI=1S/C12H21N3O3S/c1-5-10(8(2)3)14-12(16)11-6-9(7-15(11)4)19(13,17)18/h6-8,10H,5H2,1-4H3,(H,14,16)(H2,13,17,18). The van der Waals surface area contributed by atoms with Gasteiger partial charge in [-0.3, -0.25) is 4.79 Å². The number of rotatable bonds is 5. The van der Waals surface area contributed by atoms with Crippen molar-refractivity contribution >= 4 is 15.9 Å². The molecule has 0 aliphatic rings. The van der Waals surface area contributed by atoms with Crippen molar-refractivity contribution in [1.29, 1.82) is 0 Å². The Hall–Kier alpha value is -1.34. The molecule has 1 rings (SSSR count). The van der Waals surface area contributed by atoms with E-state index in [9.17, 15) is 13.2 Å². The summed E-state index contributed by atoms with van der Waals surface area (Å²) in [5, 5.41) is 7.93. The van der Waals surface area contributed by atoms with E-state index in [-0.39, 0.29) is 22.5 Å². The minimum Gasteiger partial charge on any atom is -0.348 e. The van der Waals surface area contributed by atoms with Crippen LogP contribution in [0.1, 0.15) is 37.7 Å². The Morgan fingerprint density at radius 1 is 1.47 bits per heavy atom. The van der Waals surface area contributed by atoms with Gasteiger partial charge in [0.2, 0.25) is 10.0 Å². The summed E-state index contributed by atoms with van der Waals surface area (Å²) in [6, 6.07) is 1.35. The molecule has 6 nitrogen and oxygen atoms in total. The fraction of sp³-hybridized carbons (Fsp3) is 0.583. The molecule has 0 radical (unpaired) electrons. The number of nitrogens with zero attached hydrogens (tertiary/aromatic N) is 1. The molecule has 0 aliphatic carbocycles. The molecular weight excluding hydrogens is 266 g/mol. The highest BCUT2D eigenvalue weighted by Crippen LogP contribution is 2.13. The van der Waals surface area contributed by atoms with Crippen LogP contribution >= 0.6 is 0 Å². The van der Waals surface area contributed by atoms with Gasteiger partial charge in [0.25, 0.3) is 5.91 Å². The maximum absolute atomic E-state index is 12.1. The molecule has 19 heavy (non-hydrogen) atoms. The van der Waals surface area contributed by atoms with Gasteiger partial charge in [0.05, 0.1) is 0 Å². The molecule has 0 saturated carbocycles. The second-order valence-electron chi connectivity index (χ2n) is 4.95. The van der Waals surface area contributed by atoms with E-state index in [4.69, 9.17) is 5.14 Å². The fourth-order valence-corrected chi connectivity index (χ4v) is 2.48. The first kappa shape index (κ1) is 15.7. The van der Waals surface area contributed by atoms with Crippen molar-refractivity contribution in [1.82, 2.24) is 9.88 Å². The van der Waals surface area contributed by atoms with Crippen LogP contribution < -0.4 is 10.5 Å². The first-order valence-electron chi connectivity index (χ1n) is 6.16. The van der Waals surface area contributed by atoms with Crippen LogP contribution in [-0.2, 0) is 17.1 Å². The van der Waals surface area contributed by atoms with Gasteiger partial charge in [0.15, 0.2) is 0 Å². The minimum absolute atomic E-state index is 0.0559. The van der Waals surface area contributed by atoms with Crippen LogP contribution in [0.4, 0.5) is 0 Å². The predicted octanol–water partition coefficient (Wildman–Crippen LogP) is 0.837. The third kappa shape index (κ3) is 3.81. The number of amides is 1. The molecule has 0 spiro atoms. The molecule has 1 unspecified atom stereocenters. The zero-order valence-corrected chi connectivity index (χ0v) is 12.5. The molecule has 1 amide bonds. The zero-order chi connectivity index (χ0) is 14.8. The molecule has 0 aromatic carbocycles. The van der Waals surface area contributed by atoms with Crippen molar-refractivity contribution in [2.45, 2.75) is 38.1 Å². The molecular formula is C12H21N3O3S. The molecule has 1 atom stereocenters. The first-order valence-corrected chi connectivity index (χ1v) is 7.71. The van der Waals surface area contributed by atoms with Crippen molar-refractivity contribution in [2.24, 2.45) is 18.1 Å². The second kappa shape index (κ2) is 5.75. The third-order valence-corrected chi connectivity index (χ3v) is 3.98. The maximum atomic E-state index is 12.1. The molecule has 1 heterocycles. The Labute approximate surface area is 114 Å². The van der Waals surface area contributed by atoms with E-state index in [0.29, 0.717) is 5.92 Å². The topological polar surface area (TPSA) is 94.2 Å². The Bertz CT molecular complexity index is 561. The summed E-state index contributed by atoms with van der Waals surface area (Å²) in [5.41, 5.74) is 0.281. The minimum atomic E-state index is -3.79. The average Bonchev–Trinajstić information content (AvgIpc) is 2.67. The van der Waals surface area contributed by atoms with Crippen LogP contribution in [0.2, 0.25) is 0 Å². The van der Waals surface area contributed by atoms with E-state index in [0.717, 1.165) is 6.42 Å². The van der Waals surface area contributed by atoms with Gasteiger partial charge in [-0.2, -0.15) is 0 Å². The monoisotopic (exact) mass is 287 g/mol. The number of aryl methyl sites for hydroxylation is 1. The normalized spacial score (nSPS) is 13.6. The van der Waals surface area contributed by atoms with Gasteiger partial charge >= 0.3 is 0 Å². The van der Waals surface area contributed by atoms with Crippen LogP contribution in [-0.4, -0.2) is 24.9 Å². The largest absolute Gasteiger partial charge is 0.348 e. The van der Waals surface area contributed by atoms with Crippen molar-refractivity contribution in [2.75, 3.05) is 0 Å². The number of aromatic nitrogens is 1. The number of sulfonamides is 1. The number of hydrogen-bond donors (Lipinski definition) is 2. The lowest BCUT2D eigenvalue weighted by Crippen LogP contribution is -2.38. The first-order chi connectivity index (χ1) is 8.66. The van der Waals surface area contributed by atoms with Gasteiger partial charge in [-0.1, -0.05) is 20.8 Å². The molecule has 1 aromatic rings. The summed E-state index contributed by atoms with van der Waals surface area (Å²) in [5.74, 6) is 0.0184. The predicted molar refractivity (Wildman–Crippen MR) is 73.2 cm³/mol. The Balaban J connectivity index is 2.98. The molecule has 3 N–H and O–H groups in total. The van der Waals surface area contributed by atoms with Crippen molar-refractivity contribution in [3.63, 3.8) is 0 Å². The van der Waals surface area contributed by atoms with E-state index >= 15 is 0 Å². The summed E-state index contributed by atoms with van der Waals surface area (Å²) in [6.07, 6.45) is 2.15. The van der Waals surface area contributed by atoms with E-state index in [1.165, 1.54) is 16.8 Å². The van der Waals surface area contributed by atoms with Gasteiger partial charge in [0.1, 0.15) is 10.6 Å². The van der Waals surface area contributed by atoms with Crippen molar-refractivity contribution in [3.8, 4) is 0 Å². The molecule has 0 fully saturated rings. The number of nitrogens with one attached hydrogen (secondary N) is 1. The molecule has 0 saturated heterocycles. The Morgan fingerprint density at radius 3 is 2.42 bits per heavy atom. The quantitative estimate of drug-likeness (QED) is 0.840. The SMILES string of the molecule is CCC(NC(=O)c1cc(S(N)(=O)=O)cn1C)C(C)C. The van der Waals surface area contributed by atoms with Crippen LogP contribution in [0.15, 0.2) is 17.2 Å². The van der Waals surface area contributed by atoms with Gasteiger partial charge in [-0.25, -0.2) is 13.6 Å². The number of carbonyl (C=O) groups excluding carboxylic acids is 1. The smallest absolute Gasteiger partial charge is 0.268 e. The molecule has 1 aromatic heterocycles. The van der Waals surface area contributed by atoms with E-state index < -0.39 is 10.0 Å². The van der Waals surface area contributed by atoms with Crippen LogP contribution in [0.25, 0.3) is 0 Å². The summed E-state index contributed by atoms with van der Waals surface area (Å²) in [6.45, 7) is 6.04. The Morgan fingerprint density at radius 2 is 2.05 bits per heavy atom. The van der Waals surface area contributed by atoms with E-state index in [2.05, 4.69) is 5.32 Å². The Kier molecular flexibility index (Phi) is 4.75. The second-order valence-corrected chi connectivity index (χ2v) is 6.51. The highest BCUT2D eigenvalue weighted by atomic mass is 32.2.